The van der Waals surface area contributed by atoms with Gasteiger partial charge in [0.25, 0.3) is 5.91 Å². The van der Waals surface area contributed by atoms with Gasteiger partial charge in [-0.15, -0.1) is 0 Å². The van der Waals surface area contributed by atoms with Crippen molar-refractivity contribution in [2.45, 2.75) is 4.90 Å². The monoisotopic (exact) mass is 458 g/mol. The molecule has 2 aromatic rings. The summed E-state index contributed by atoms with van der Waals surface area (Å²) in [5.41, 5.74) is 0.182. The Hall–Kier alpha value is -1.61. The maximum atomic E-state index is 12.7. The van der Waals surface area contributed by atoms with Crippen molar-refractivity contribution in [1.82, 2.24) is 9.21 Å². The topological polar surface area (TPSA) is 77.9 Å². The highest BCUT2D eigenvalue weighted by Gasteiger charge is 2.32. The number of carbonyl (C=O) groups excluding carboxylic acids is 1. The molecule has 0 unspecified atom stereocenters. The Morgan fingerprint density at radius 2 is 1.73 bits per heavy atom. The lowest BCUT2D eigenvalue weighted by molar-refractivity contribution is 0.0695. The fourth-order valence-electron chi connectivity index (χ4n) is 2.77. The van der Waals surface area contributed by atoms with E-state index in [9.17, 15) is 18.3 Å². The van der Waals surface area contributed by atoms with E-state index in [4.69, 9.17) is 11.6 Å². The van der Waals surface area contributed by atoms with Crippen LogP contribution in [0, 0.1) is 0 Å². The molecule has 3 rings (SSSR count). The Morgan fingerprint density at radius 1 is 1.08 bits per heavy atom. The number of amides is 1. The first-order valence-corrected chi connectivity index (χ1v) is 10.4. The Morgan fingerprint density at radius 3 is 2.38 bits per heavy atom. The summed E-state index contributed by atoms with van der Waals surface area (Å²) in [6, 6.07) is 10.9. The zero-order chi connectivity index (χ0) is 18.9. The molecule has 138 valence electrons. The zero-order valence-electron chi connectivity index (χ0n) is 13.6. The van der Waals surface area contributed by atoms with Crippen LogP contribution in [0.1, 0.15) is 10.4 Å². The number of aromatic hydroxyl groups is 1. The van der Waals surface area contributed by atoms with Crippen LogP contribution >= 0.6 is 27.5 Å². The molecular weight excluding hydrogens is 444 g/mol. The number of benzene rings is 2. The molecule has 6 nitrogen and oxygen atoms in total. The standard InChI is InChI=1S/C17H16BrClN2O4S/c18-12-5-6-15(22)13(11-12)17(23)20-7-9-21(10-8-20)26(24,25)16-4-2-1-3-14(16)19/h1-6,11,22H,7-10H2. The summed E-state index contributed by atoms with van der Waals surface area (Å²) in [5, 5.41) is 10.1. The minimum absolute atomic E-state index is 0.0612. The normalized spacial score (nSPS) is 15.8. The number of phenols is 1. The lowest BCUT2D eigenvalue weighted by atomic mass is 10.1. The SMILES string of the molecule is O=C(c1cc(Br)ccc1O)N1CCN(S(=O)(=O)c2ccccc2Cl)CC1. The molecule has 0 spiro atoms. The van der Waals surface area contributed by atoms with Crippen LogP contribution in [-0.2, 0) is 10.0 Å². The fourth-order valence-corrected chi connectivity index (χ4v) is 5.05. The van der Waals surface area contributed by atoms with E-state index in [1.165, 1.54) is 27.4 Å². The zero-order valence-corrected chi connectivity index (χ0v) is 16.8. The van der Waals surface area contributed by atoms with Crippen LogP contribution in [0.3, 0.4) is 0 Å². The number of piperazine rings is 1. The molecule has 2 aromatic carbocycles. The third kappa shape index (κ3) is 3.73. The number of carbonyl (C=O) groups is 1. The van der Waals surface area contributed by atoms with Gasteiger partial charge in [0.05, 0.1) is 10.6 Å². The molecule has 1 aliphatic rings. The molecule has 0 bridgehead atoms. The summed E-state index contributed by atoms with van der Waals surface area (Å²) in [4.78, 5) is 14.2. The van der Waals surface area contributed by atoms with Crippen molar-refractivity contribution in [3.63, 3.8) is 0 Å². The van der Waals surface area contributed by atoms with Gasteiger partial charge >= 0.3 is 0 Å². The quantitative estimate of drug-likeness (QED) is 0.765. The summed E-state index contributed by atoms with van der Waals surface area (Å²) in [5.74, 6) is -0.442. The predicted molar refractivity (Wildman–Crippen MR) is 102 cm³/mol. The summed E-state index contributed by atoms with van der Waals surface area (Å²) in [7, 11) is -3.71. The van der Waals surface area contributed by atoms with Crippen LogP contribution in [-0.4, -0.2) is 54.8 Å². The molecule has 1 N–H and O–H groups in total. The van der Waals surface area contributed by atoms with Crippen molar-refractivity contribution in [1.29, 1.82) is 0 Å². The summed E-state index contributed by atoms with van der Waals surface area (Å²) < 4.78 is 27.5. The van der Waals surface area contributed by atoms with E-state index in [1.54, 1.807) is 24.3 Å². The van der Waals surface area contributed by atoms with Crippen LogP contribution in [0.5, 0.6) is 5.75 Å². The predicted octanol–water partition coefficient (Wildman–Crippen LogP) is 2.95. The molecule has 9 heteroatoms. The van der Waals surface area contributed by atoms with Crippen LogP contribution < -0.4 is 0 Å². The second-order valence-corrected chi connectivity index (χ2v) is 9.02. The van der Waals surface area contributed by atoms with E-state index in [1.807, 2.05) is 0 Å². The van der Waals surface area contributed by atoms with Gasteiger partial charge in [0.2, 0.25) is 10.0 Å². The molecule has 1 heterocycles. The van der Waals surface area contributed by atoms with Crippen molar-refractivity contribution in [2.75, 3.05) is 26.2 Å². The average Bonchev–Trinajstić information content (AvgIpc) is 2.63. The van der Waals surface area contributed by atoms with E-state index >= 15 is 0 Å². The average molecular weight is 460 g/mol. The highest BCUT2D eigenvalue weighted by atomic mass is 79.9. The summed E-state index contributed by atoms with van der Waals surface area (Å²) in [6.07, 6.45) is 0. The van der Waals surface area contributed by atoms with Crippen LogP contribution in [0.15, 0.2) is 51.8 Å². The molecule has 26 heavy (non-hydrogen) atoms. The number of hydrogen-bond acceptors (Lipinski definition) is 4. The van der Waals surface area contributed by atoms with Gasteiger partial charge in [-0.05, 0) is 30.3 Å². The molecular formula is C17H16BrClN2O4S. The van der Waals surface area contributed by atoms with E-state index in [-0.39, 0.29) is 53.3 Å². The Labute approximate surface area is 165 Å². The summed E-state index contributed by atoms with van der Waals surface area (Å²) in [6.45, 7) is 0.783. The van der Waals surface area contributed by atoms with Gasteiger partial charge in [-0.2, -0.15) is 4.31 Å². The van der Waals surface area contributed by atoms with Crippen LogP contribution in [0.4, 0.5) is 0 Å². The molecule has 0 radical (unpaired) electrons. The molecule has 1 saturated heterocycles. The van der Waals surface area contributed by atoms with Gasteiger partial charge in [0, 0.05) is 30.7 Å². The van der Waals surface area contributed by atoms with Gasteiger partial charge < -0.3 is 10.0 Å². The highest BCUT2D eigenvalue weighted by molar-refractivity contribution is 9.10. The lowest BCUT2D eigenvalue weighted by Crippen LogP contribution is -2.50. The van der Waals surface area contributed by atoms with Crippen molar-refractivity contribution < 1.29 is 18.3 Å². The van der Waals surface area contributed by atoms with Gasteiger partial charge in [-0.25, -0.2) is 8.42 Å². The van der Waals surface area contributed by atoms with Crippen molar-refractivity contribution in [3.8, 4) is 5.75 Å². The van der Waals surface area contributed by atoms with Gasteiger partial charge in [0.15, 0.2) is 0 Å². The molecule has 1 fully saturated rings. The number of nitrogens with zero attached hydrogens (tertiary/aromatic N) is 2. The highest BCUT2D eigenvalue weighted by Crippen LogP contribution is 2.27. The lowest BCUT2D eigenvalue weighted by Gasteiger charge is -2.34. The maximum Gasteiger partial charge on any atom is 0.257 e. The molecule has 0 atom stereocenters. The number of rotatable bonds is 3. The molecule has 1 amide bonds. The Balaban J connectivity index is 1.74. The second kappa shape index (κ2) is 7.56. The number of sulfonamides is 1. The maximum absolute atomic E-state index is 12.7. The van der Waals surface area contributed by atoms with Crippen LogP contribution in [0.25, 0.3) is 0 Å². The number of halogens is 2. The Bertz CT molecular complexity index is 944. The smallest absolute Gasteiger partial charge is 0.257 e. The van der Waals surface area contributed by atoms with Gasteiger partial charge in [-0.3, -0.25) is 4.79 Å². The van der Waals surface area contributed by atoms with Crippen molar-refractivity contribution in [2.24, 2.45) is 0 Å². The van der Waals surface area contributed by atoms with Gasteiger partial charge in [-0.1, -0.05) is 39.7 Å². The number of phenolic OH excluding ortho intramolecular Hbond substituents is 1. The fraction of sp³-hybridized carbons (Fsp3) is 0.235. The molecule has 1 aliphatic heterocycles. The Kier molecular flexibility index (Phi) is 5.57. The third-order valence-electron chi connectivity index (χ3n) is 4.17. The first-order valence-electron chi connectivity index (χ1n) is 7.83. The summed E-state index contributed by atoms with van der Waals surface area (Å²) >= 11 is 9.29. The van der Waals surface area contributed by atoms with Crippen molar-refractivity contribution in [3.05, 3.63) is 57.5 Å². The largest absolute Gasteiger partial charge is 0.507 e. The second-order valence-electron chi connectivity index (χ2n) is 5.79. The molecule has 0 saturated carbocycles. The minimum atomic E-state index is -3.71. The first-order chi connectivity index (χ1) is 12.3. The number of hydrogen-bond donors (Lipinski definition) is 1. The van der Waals surface area contributed by atoms with E-state index < -0.39 is 10.0 Å². The van der Waals surface area contributed by atoms with E-state index in [0.29, 0.717) is 4.47 Å². The van der Waals surface area contributed by atoms with Crippen molar-refractivity contribution >= 4 is 43.5 Å². The third-order valence-corrected chi connectivity index (χ3v) is 7.06. The van der Waals surface area contributed by atoms with Gasteiger partial charge in [0.1, 0.15) is 10.6 Å². The first kappa shape index (κ1) is 19.2. The van der Waals surface area contributed by atoms with Crippen LogP contribution in [0.2, 0.25) is 5.02 Å². The molecule has 0 aromatic heterocycles. The van der Waals surface area contributed by atoms with E-state index in [2.05, 4.69) is 15.9 Å². The molecule has 0 aliphatic carbocycles. The van der Waals surface area contributed by atoms with E-state index in [0.717, 1.165) is 0 Å². The minimum Gasteiger partial charge on any atom is -0.507 e.